The number of halogens is 1. The van der Waals surface area contributed by atoms with Crippen molar-refractivity contribution in [3.05, 3.63) is 29.6 Å². The molecule has 0 unspecified atom stereocenters. The third-order valence-electron chi connectivity index (χ3n) is 3.09. The van der Waals surface area contributed by atoms with Gasteiger partial charge in [-0.1, -0.05) is 12.1 Å². The lowest BCUT2D eigenvalue weighted by Crippen LogP contribution is -2.30. The van der Waals surface area contributed by atoms with E-state index in [2.05, 4.69) is 15.5 Å². The Balaban J connectivity index is 2.44. The Labute approximate surface area is 115 Å². The van der Waals surface area contributed by atoms with Crippen LogP contribution in [0.4, 0.5) is 4.39 Å². The highest BCUT2D eigenvalue weighted by Gasteiger charge is 2.30. The lowest BCUT2D eigenvalue weighted by Gasteiger charge is -2.19. The summed E-state index contributed by atoms with van der Waals surface area (Å²) in [4.78, 5) is 11.2. The van der Waals surface area contributed by atoms with Gasteiger partial charge in [0.25, 0.3) is 0 Å². The minimum atomic E-state index is -1.05. The van der Waals surface area contributed by atoms with Gasteiger partial charge in [-0.2, -0.15) is 0 Å². The monoisotopic (exact) mass is 278 g/mol. The van der Waals surface area contributed by atoms with Gasteiger partial charge >= 0.3 is 5.97 Å². The highest BCUT2D eigenvalue weighted by Crippen LogP contribution is 2.25. The molecule has 7 heteroatoms. The van der Waals surface area contributed by atoms with Crippen molar-refractivity contribution in [1.29, 1.82) is 0 Å². The second kappa shape index (κ2) is 4.99. The molecule has 1 aromatic carbocycles. The number of carboxylic acid groups (broad SMARTS) is 1. The fourth-order valence-electron chi connectivity index (χ4n) is 1.77. The number of aromatic nitrogens is 4. The van der Waals surface area contributed by atoms with Crippen LogP contribution in [0.3, 0.4) is 0 Å². The number of hydrogen-bond acceptors (Lipinski definition) is 4. The Kier molecular flexibility index (Phi) is 3.52. The number of carboxylic acids is 1. The summed E-state index contributed by atoms with van der Waals surface area (Å²) in [5.74, 6) is -1.15. The van der Waals surface area contributed by atoms with Gasteiger partial charge in [0.1, 0.15) is 5.82 Å². The van der Waals surface area contributed by atoms with Crippen molar-refractivity contribution in [2.24, 2.45) is 5.41 Å². The molecule has 0 radical (unpaired) electrons. The van der Waals surface area contributed by atoms with Crippen LogP contribution in [0, 0.1) is 18.2 Å². The summed E-state index contributed by atoms with van der Waals surface area (Å²) in [7, 11) is 0. The first-order chi connectivity index (χ1) is 9.33. The number of tetrazole rings is 1. The van der Waals surface area contributed by atoms with Crippen molar-refractivity contribution in [3.63, 3.8) is 0 Å². The van der Waals surface area contributed by atoms with Crippen molar-refractivity contribution in [1.82, 2.24) is 20.2 Å². The van der Waals surface area contributed by atoms with E-state index in [-0.39, 0.29) is 17.9 Å². The SMILES string of the molecule is Cc1cccc(-c2nnnn2CC(C)(C)C(=O)O)c1F. The van der Waals surface area contributed by atoms with E-state index in [1.807, 2.05) is 0 Å². The average Bonchev–Trinajstić information content (AvgIpc) is 2.80. The summed E-state index contributed by atoms with van der Waals surface area (Å²) in [6, 6.07) is 4.92. The number of hydrogen-bond donors (Lipinski definition) is 1. The molecule has 0 amide bonds. The number of aryl methyl sites for hydroxylation is 1. The summed E-state index contributed by atoms with van der Waals surface area (Å²) in [5, 5.41) is 20.2. The van der Waals surface area contributed by atoms with E-state index in [1.54, 1.807) is 39.0 Å². The van der Waals surface area contributed by atoms with E-state index < -0.39 is 17.2 Å². The Hall–Kier alpha value is -2.31. The van der Waals surface area contributed by atoms with Gasteiger partial charge in [0, 0.05) is 0 Å². The van der Waals surface area contributed by atoms with Gasteiger partial charge in [-0.05, 0) is 42.8 Å². The van der Waals surface area contributed by atoms with Crippen LogP contribution in [0.25, 0.3) is 11.4 Å². The molecule has 20 heavy (non-hydrogen) atoms. The molecule has 1 N–H and O–H groups in total. The van der Waals surface area contributed by atoms with Crippen molar-refractivity contribution in [3.8, 4) is 11.4 Å². The van der Waals surface area contributed by atoms with E-state index in [9.17, 15) is 9.18 Å². The average molecular weight is 278 g/mol. The van der Waals surface area contributed by atoms with Crippen molar-refractivity contribution in [2.75, 3.05) is 0 Å². The number of rotatable bonds is 4. The van der Waals surface area contributed by atoms with E-state index in [0.717, 1.165) is 0 Å². The molecule has 0 aliphatic carbocycles. The van der Waals surface area contributed by atoms with Gasteiger partial charge < -0.3 is 5.11 Å². The van der Waals surface area contributed by atoms with Gasteiger partial charge in [-0.25, -0.2) is 9.07 Å². The zero-order valence-electron chi connectivity index (χ0n) is 11.5. The maximum absolute atomic E-state index is 14.1. The molecule has 6 nitrogen and oxygen atoms in total. The van der Waals surface area contributed by atoms with Crippen LogP contribution in [-0.2, 0) is 11.3 Å². The Morgan fingerprint density at radius 1 is 1.45 bits per heavy atom. The predicted molar refractivity (Wildman–Crippen MR) is 69.4 cm³/mol. The van der Waals surface area contributed by atoms with Crippen LogP contribution in [0.5, 0.6) is 0 Å². The van der Waals surface area contributed by atoms with Gasteiger partial charge in [-0.15, -0.1) is 5.10 Å². The Morgan fingerprint density at radius 3 is 2.80 bits per heavy atom. The summed E-state index contributed by atoms with van der Waals surface area (Å²) in [6.45, 7) is 4.83. The zero-order valence-corrected chi connectivity index (χ0v) is 11.5. The smallest absolute Gasteiger partial charge is 0.310 e. The molecular weight excluding hydrogens is 263 g/mol. The summed E-state index contributed by atoms with van der Waals surface area (Å²) in [6.07, 6.45) is 0. The summed E-state index contributed by atoms with van der Waals surface area (Å²) < 4.78 is 15.4. The normalized spacial score (nSPS) is 11.6. The minimum absolute atomic E-state index is 0.0536. The molecular formula is C13H15FN4O2. The fraction of sp³-hybridized carbons (Fsp3) is 0.385. The van der Waals surface area contributed by atoms with Crippen LogP contribution in [0.15, 0.2) is 18.2 Å². The topological polar surface area (TPSA) is 80.9 Å². The highest BCUT2D eigenvalue weighted by atomic mass is 19.1. The molecule has 1 aromatic heterocycles. The molecule has 2 rings (SSSR count). The predicted octanol–water partition coefficient (Wildman–Crippen LogP) is 1.90. The summed E-state index contributed by atoms with van der Waals surface area (Å²) >= 11 is 0. The van der Waals surface area contributed by atoms with E-state index in [1.165, 1.54) is 4.68 Å². The van der Waals surface area contributed by atoms with E-state index in [0.29, 0.717) is 5.56 Å². The first-order valence-corrected chi connectivity index (χ1v) is 6.08. The lowest BCUT2D eigenvalue weighted by molar-refractivity contribution is -0.147. The number of carbonyl (C=O) groups is 1. The van der Waals surface area contributed by atoms with Crippen LogP contribution >= 0.6 is 0 Å². The fourth-order valence-corrected chi connectivity index (χ4v) is 1.77. The first-order valence-electron chi connectivity index (χ1n) is 6.08. The standard InChI is InChI=1S/C13H15FN4O2/c1-8-5-4-6-9(10(8)14)11-15-16-17-18(11)7-13(2,3)12(19)20/h4-6H,7H2,1-3H3,(H,19,20). The van der Waals surface area contributed by atoms with Crippen LogP contribution in [0.2, 0.25) is 0 Å². The van der Waals surface area contributed by atoms with E-state index in [4.69, 9.17) is 5.11 Å². The molecule has 0 atom stereocenters. The van der Waals surface area contributed by atoms with Gasteiger partial charge in [0.15, 0.2) is 5.82 Å². The molecule has 0 aliphatic rings. The summed E-state index contributed by atoms with van der Waals surface area (Å²) in [5.41, 5.74) is -0.310. The number of nitrogens with zero attached hydrogens (tertiary/aromatic N) is 4. The Bertz CT molecular complexity index is 652. The molecule has 2 aromatic rings. The number of aliphatic carboxylic acids is 1. The molecule has 0 fully saturated rings. The minimum Gasteiger partial charge on any atom is -0.481 e. The van der Waals surface area contributed by atoms with Crippen molar-refractivity contribution < 1.29 is 14.3 Å². The quantitative estimate of drug-likeness (QED) is 0.923. The maximum Gasteiger partial charge on any atom is 0.310 e. The lowest BCUT2D eigenvalue weighted by atomic mass is 9.94. The largest absolute Gasteiger partial charge is 0.481 e. The molecule has 0 aliphatic heterocycles. The molecule has 0 spiro atoms. The third-order valence-corrected chi connectivity index (χ3v) is 3.09. The van der Waals surface area contributed by atoms with Crippen LogP contribution in [0.1, 0.15) is 19.4 Å². The second-order valence-electron chi connectivity index (χ2n) is 5.29. The van der Waals surface area contributed by atoms with Crippen molar-refractivity contribution in [2.45, 2.75) is 27.3 Å². The molecule has 1 heterocycles. The second-order valence-corrected chi connectivity index (χ2v) is 5.29. The molecule has 106 valence electrons. The Morgan fingerprint density at radius 2 is 2.15 bits per heavy atom. The van der Waals surface area contributed by atoms with Gasteiger partial charge in [-0.3, -0.25) is 4.79 Å². The first kappa shape index (κ1) is 14.1. The van der Waals surface area contributed by atoms with Crippen LogP contribution < -0.4 is 0 Å². The third kappa shape index (κ3) is 2.52. The van der Waals surface area contributed by atoms with E-state index >= 15 is 0 Å². The highest BCUT2D eigenvalue weighted by molar-refractivity contribution is 5.73. The molecule has 0 bridgehead atoms. The number of benzene rings is 1. The zero-order chi connectivity index (χ0) is 14.9. The van der Waals surface area contributed by atoms with Gasteiger partial charge in [0.05, 0.1) is 17.5 Å². The molecule has 0 saturated carbocycles. The van der Waals surface area contributed by atoms with Crippen molar-refractivity contribution >= 4 is 5.97 Å². The van der Waals surface area contributed by atoms with Gasteiger partial charge in [0.2, 0.25) is 0 Å². The molecule has 0 saturated heterocycles. The maximum atomic E-state index is 14.1. The van der Waals surface area contributed by atoms with Crippen LogP contribution in [-0.4, -0.2) is 31.3 Å².